The van der Waals surface area contributed by atoms with Gasteiger partial charge in [0, 0.05) is 13.0 Å². The number of rotatable bonds is 7. The molecular formula is C13H23N3O. The number of hydrogen-bond acceptors (Lipinski definition) is 4. The van der Waals surface area contributed by atoms with Gasteiger partial charge in [0.15, 0.2) is 0 Å². The van der Waals surface area contributed by atoms with Crippen LogP contribution in [0.2, 0.25) is 0 Å². The van der Waals surface area contributed by atoms with E-state index < -0.39 is 0 Å². The molecule has 0 amide bonds. The van der Waals surface area contributed by atoms with Gasteiger partial charge in [-0.25, -0.2) is 4.98 Å². The van der Waals surface area contributed by atoms with Gasteiger partial charge in [0.1, 0.15) is 11.6 Å². The van der Waals surface area contributed by atoms with Crippen LogP contribution >= 0.6 is 0 Å². The summed E-state index contributed by atoms with van der Waals surface area (Å²) in [6.45, 7) is 9.91. The van der Waals surface area contributed by atoms with Crippen LogP contribution in [0.15, 0.2) is 0 Å². The van der Waals surface area contributed by atoms with E-state index in [1.807, 2.05) is 6.92 Å². The third-order valence-electron chi connectivity index (χ3n) is 2.45. The van der Waals surface area contributed by atoms with Crippen LogP contribution in [-0.2, 0) is 6.42 Å². The number of hydrogen-bond donors (Lipinski definition) is 1. The zero-order chi connectivity index (χ0) is 12.7. The first kappa shape index (κ1) is 13.7. The summed E-state index contributed by atoms with van der Waals surface area (Å²) in [6.07, 6.45) is 2.89. The zero-order valence-corrected chi connectivity index (χ0v) is 11.3. The van der Waals surface area contributed by atoms with Crippen LogP contribution in [-0.4, -0.2) is 23.1 Å². The number of nitrogens with zero attached hydrogens (tertiary/aromatic N) is 2. The van der Waals surface area contributed by atoms with Gasteiger partial charge < -0.3 is 10.1 Å². The Bertz CT molecular complexity index is 324. The Morgan fingerprint density at radius 3 is 2.47 bits per heavy atom. The summed E-state index contributed by atoms with van der Waals surface area (Å²) in [5.41, 5.74) is 1.00. The minimum Gasteiger partial charge on any atom is -0.477 e. The van der Waals surface area contributed by atoms with E-state index in [0.717, 1.165) is 48.9 Å². The number of ether oxygens (including phenoxy) is 1. The molecule has 17 heavy (non-hydrogen) atoms. The first-order valence-corrected chi connectivity index (χ1v) is 6.47. The molecule has 0 atom stereocenters. The molecule has 1 aromatic heterocycles. The molecule has 4 heteroatoms. The second-order valence-corrected chi connectivity index (χ2v) is 4.05. The van der Waals surface area contributed by atoms with E-state index in [2.05, 4.69) is 36.1 Å². The lowest BCUT2D eigenvalue weighted by atomic mass is 10.3. The molecule has 1 aromatic rings. The van der Waals surface area contributed by atoms with Crippen molar-refractivity contribution in [2.24, 2.45) is 0 Å². The van der Waals surface area contributed by atoms with Crippen LogP contribution in [0.4, 0.5) is 5.82 Å². The van der Waals surface area contributed by atoms with E-state index in [9.17, 15) is 0 Å². The molecule has 0 saturated heterocycles. The van der Waals surface area contributed by atoms with Crippen molar-refractivity contribution in [2.45, 2.75) is 47.0 Å². The Labute approximate surface area is 104 Å². The molecule has 0 aliphatic carbocycles. The molecule has 0 aromatic carbocycles. The summed E-state index contributed by atoms with van der Waals surface area (Å²) in [5, 5.41) is 3.32. The van der Waals surface area contributed by atoms with Gasteiger partial charge in [-0.3, -0.25) is 0 Å². The summed E-state index contributed by atoms with van der Waals surface area (Å²) < 4.78 is 5.66. The molecule has 0 bridgehead atoms. The van der Waals surface area contributed by atoms with Crippen molar-refractivity contribution in [1.29, 1.82) is 0 Å². The van der Waals surface area contributed by atoms with E-state index in [1.54, 1.807) is 0 Å². The largest absolute Gasteiger partial charge is 0.477 e. The molecule has 0 aliphatic rings. The van der Waals surface area contributed by atoms with Crippen molar-refractivity contribution in [3.05, 3.63) is 11.4 Å². The third-order valence-corrected chi connectivity index (χ3v) is 2.45. The predicted octanol–water partition coefficient (Wildman–Crippen LogP) is 2.96. The minimum atomic E-state index is 0.703. The second kappa shape index (κ2) is 7.09. The second-order valence-electron chi connectivity index (χ2n) is 4.05. The van der Waals surface area contributed by atoms with Gasteiger partial charge in [0.25, 0.3) is 0 Å². The van der Waals surface area contributed by atoms with Crippen LogP contribution < -0.4 is 10.1 Å². The number of aryl methyl sites for hydroxylation is 1. The average Bonchev–Trinajstić information content (AvgIpc) is 2.36. The average molecular weight is 237 g/mol. The van der Waals surface area contributed by atoms with Gasteiger partial charge >= 0.3 is 0 Å². The van der Waals surface area contributed by atoms with Crippen molar-refractivity contribution >= 4 is 5.82 Å². The van der Waals surface area contributed by atoms with E-state index in [0.29, 0.717) is 6.61 Å². The van der Waals surface area contributed by atoms with Crippen LogP contribution in [0.1, 0.15) is 45.0 Å². The molecule has 1 rings (SSSR count). The van der Waals surface area contributed by atoms with Crippen LogP contribution in [0, 0.1) is 6.92 Å². The Hall–Kier alpha value is -1.32. The van der Waals surface area contributed by atoms with Gasteiger partial charge in [-0.2, -0.15) is 4.98 Å². The molecule has 4 nitrogen and oxygen atoms in total. The van der Waals surface area contributed by atoms with E-state index in [4.69, 9.17) is 4.74 Å². The van der Waals surface area contributed by atoms with Crippen LogP contribution in [0.25, 0.3) is 0 Å². The lowest BCUT2D eigenvalue weighted by Crippen LogP contribution is -2.10. The SMILES string of the molecule is CCCNc1nc(CC)nc(OCCC)c1C. The van der Waals surface area contributed by atoms with Gasteiger partial charge in [0.05, 0.1) is 12.2 Å². The highest BCUT2D eigenvalue weighted by Gasteiger charge is 2.10. The molecule has 1 heterocycles. The highest BCUT2D eigenvalue weighted by atomic mass is 16.5. The molecule has 1 N–H and O–H groups in total. The summed E-state index contributed by atoms with van der Waals surface area (Å²) in [7, 11) is 0. The molecule has 0 unspecified atom stereocenters. The lowest BCUT2D eigenvalue weighted by Gasteiger charge is -2.13. The van der Waals surface area contributed by atoms with Crippen molar-refractivity contribution in [2.75, 3.05) is 18.5 Å². The minimum absolute atomic E-state index is 0.703. The molecule has 0 saturated carbocycles. The van der Waals surface area contributed by atoms with Crippen molar-refractivity contribution in [3.8, 4) is 5.88 Å². The Morgan fingerprint density at radius 2 is 1.88 bits per heavy atom. The fourth-order valence-corrected chi connectivity index (χ4v) is 1.45. The maximum absolute atomic E-state index is 5.66. The number of nitrogens with one attached hydrogen (secondary N) is 1. The molecule has 0 fully saturated rings. The highest BCUT2D eigenvalue weighted by molar-refractivity contribution is 5.48. The summed E-state index contributed by atoms with van der Waals surface area (Å²) in [4.78, 5) is 8.92. The summed E-state index contributed by atoms with van der Waals surface area (Å²) in [6, 6.07) is 0. The van der Waals surface area contributed by atoms with Gasteiger partial charge in [-0.05, 0) is 19.8 Å². The monoisotopic (exact) mass is 237 g/mol. The lowest BCUT2D eigenvalue weighted by molar-refractivity contribution is 0.301. The Balaban J connectivity index is 2.94. The zero-order valence-electron chi connectivity index (χ0n) is 11.3. The summed E-state index contributed by atoms with van der Waals surface area (Å²) >= 11 is 0. The van der Waals surface area contributed by atoms with E-state index in [-0.39, 0.29) is 0 Å². The first-order valence-electron chi connectivity index (χ1n) is 6.47. The smallest absolute Gasteiger partial charge is 0.221 e. The van der Waals surface area contributed by atoms with Gasteiger partial charge in [-0.1, -0.05) is 20.8 Å². The maximum atomic E-state index is 5.66. The van der Waals surface area contributed by atoms with Crippen LogP contribution in [0.5, 0.6) is 5.88 Å². The fraction of sp³-hybridized carbons (Fsp3) is 0.692. The Morgan fingerprint density at radius 1 is 1.12 bits per heavy atom. The van der Waals surface area contributed by atoms with Gasteiger partial charge in [-0.15, -0.1) is 0 Å². The predicted molar refractivity (Wildman–Crippen MR) is 70.7 cm³/mol. The number of anilines is 1. The Kier molecular flexibility index (Phi) is 5.73. The van der Waals surface area contributed by atoms with Crippen molar-refractivity contribution < 1.29 is 4.74 Å². The standard InChI is InChI=1S/C13H23N3O/c1-5-8-14-12-10(4)13(17-9-6-2)16-11(7-3)15-12/h5-9H2,1-4H3,(H,14,15,16). The molecule has 0 radical (unpaired) electrons. The highest BCUT2D eigenvalue weighted by Crippen LogP contribution is 2.22. The number of aromatic nitrogens is 2. The molecular weight excluding hydrogens is 214 g/mol. The fourth-order valence-electron chi connectivity index (χ4n) is 1.45. The third kappa shape index (κ3) is 3.88. The molecule has 96 valence electrons. The van der Waals surface area contributed by atoms with Crippen molar-refractivity contribution in [1.82, 2.24) is 9.97 Å². The maximum Gasteiger partial charge on any atom is 0.221 e. The normalized spacial score (nSPS) is 10.4. The van der Waals surface area contributed by atoms with Crippen LogP contribution in [0.3, 0.4) is 0 Å². The van der Waals surface area contributed by atoms with E-state index in [1.165, 1.54) is 0 Å². The first-order chi connectivity index (χ1) is 8.22. The van der Waals surface area contributed by atoms with Crippen molar-refractivity contribution in [3.63, 3.8) is 0 Å². The van der Waals surface area contributed by atoms with E-state index >= 15 is 0 Å². The summed E-state index contributed by atoms with van der Waals surface area (Å²) in [5.74, 6) is 2.46. The quantitative estimate of drug-likeness (QED) is 0.792. The molecule has 0 spiro atoms. The van der Waals surface area contributed by atoms with Gasteiger partial charge in [0.2, 0.25) is 5.88 Å². The topological polar surface area (TPSA) is 47.0 Å². The molecule has 0 aliphatic heterocycles.